The van der Waals surface area contributed by atoms with E-state index in [4.69, 9.17) is 9.47 Å². The van der Waals surface area contributed by atoms with E-state index in [-0.39, 0.29) is 24.4 Å². The monoisotopic (exact) mass is 293 g/mol. The average Bonchev–Trinajstić information content (AvgIpc) is 2.54. The summed E-state index contributed by atoms with van der Waals surface area (Å²) < 4.78 is 15.3. The van der Waals surface area contributed by atoms with E-state index in [0.717, 1.165) is 0 Å². The molecule has 0 aliphatic carbocycles. The van der Waals surface area contributed by atoms with Crippen molar-refractivity contribution in [2.75, 3.05) is 33.9 Å². The van der Waals surface area contributed by atoms with Crippen molar-refractivity contribution in [1.29, 1.82) is 0 Å². The second-order valence-electron chi connectivity index (χ2n) is 4.72. The van der Waals surface area contributed by atoms with Gasteiger partial charge in [-0.05, 0) is 12.1 Å². The van der Waals surface area contributed by atoms with Crippen LogP contribution in [0.2, 0.25) is 0 Å². The normalized spacial score (nSPS) is 18.2. The molecule has 1 aliphatic rings. The Kier molecular flexibility index (Phi) is 5.16. The molecule has 0 bridgehead atoms. The molecule has 1 atom stereocenters. The molecule has 6 heteroatoms. The molecule has 1 aromatic rings. The highest BCUT2D eigenvalue weighted by Crippen LogP contribution is 2.21. The van der Waals surface area contributed by atoms with Gasteiger partial charge >= 0.3 is 5.97 Å². The summed E-state index contributed by atoms with van der Waals surface area (Å²) in [5.41, 5.74) is 0.513. The summed E-state index contributed by atoms with van der Waals surface area (Å²) in [6, 6.07) is 7.09. The van der Waals surface area contributed by atoms with Crippen molar-refractivity contribution in [3.05, 3.63) is 29.8 Å². The number of carbonyl (C=O) groups is 2. The molecule has 1 saturated heterocycles. The van der Waals surface area contributed by atoms with Crippen LogP contribution in [0.5, 0.6) is 5.75 Å². The SMILES string of the molecule is COC(=O)CC1CN(C(=O)c2ccccc2OC)CCO1. The van der Waals surface area contributed by atoms with Gasteiger partial charge in [0.2, 0.25) is 0 Å². The van der Waals surface area contributed by atoms with Crippen LogP contribution in [0.1, 0.15) is 16.8 Å². The van der Waals surface area contributed by atoms with Gasteiger partial charge in [0, 0.05) is 13.1 Å². The Morgan fingerprint density at radius 3 is 2.81 bits per heavy atom. The average molecular weight is 293 g/mol. The number of carbonyl (C=O) groups excluding carboxylic acids is 2. The molecular formula is C15H19NO5. The lowest BCUT2D eigenvalue weighted by Gasteiger charge is -2.32. The molecule has 1 amide bonds. The minimum atomic E-state index is -0.341. The Morgan fingerprint density at radius 2 is 2.10 bits per heavy atom. The van der Waals surface area contributed by atoms with Gasteiger partial charge in [0.25, 0.3) is 5.91 Å². The fourth-order valence-corrected chi connectivity index (χ4v) is 2.29. The quantitative estimate of drug-likeness (QED) is 0.778. The van der Waals surface area contributed by atoms with Crippen LogP contribution in [0.25, 0.3) is 0 Å². The van der Waals surface area contributed by atoms with Gasteiger partial charge in [0.1, 0.15) is 5.75 Å². The number of hydrogen-bond donors (Lipinski definition) is 0. The van der Waals surface area contributed by atoms with E-state index in [9.17, 15) is 9.59 Å². The Bertz CT molecular complexity index is 517. The maximum Gasteiger partial charge on any atom is 0.308 e. The number of methoxy groups -OCH3 is 2. The molecular weight excluding hydrogens is 274 g/mol. The lowest BCUT2D eigenvalue weighted by molar-refractivity contribution is -0.145. The second kappa shape index (κ2) is 7.08. The van der Waals surface area contributed by atoms with Gasteiger partial charge in [-0.2, -0.15) is 0 Å². The summed E-state index contributed by atoms with van der Waals surface area (Å²) in [4.78, 5) is 25.5. The number of para-hydroxylation sites is 1. The van der Waals surface area contributed by atoms with Gasteiger partial charge in [-0.15, -0.1) is 0 Å². The summed E-state index contributed by atoms with van der Waals surface area (Å²) in [5.74, 6) is 0.0794. The van der Waals surface area contributed by atoms with Crippen molar-refractivity contribution in [3.8, 4) is 5.75 Å². The minimum absolute atomic E-state index is 0.120. The van der Waals surface area contributed by atoms with E-state index in [1.807, 2.05) is 6.07 Å². The molecule has 0 spiro atoms. The number of morpholine rings is 1. The van der Waals surface area contributed by atoms with Gasteiger partial charge < -0.3 is 19.1 Å². The zero-order chi connectivity index (χ0) is 15.2. The highest BCUT2D eigenvalue weighted by atomic mass is 16.5. The number of amides is 1. The summed E-state index contributed by atoms with van der Waals surface area (Å²) in [6.07, 6.45) is -0.184. The van der Waals surface area contributed by atoms with Gasteiger partial charge in [-0.1, -0.05) is 12.1 Å². The van der Waals surface area contributed by atoms with Crippen LogP contribution in [0, 0.1) is 0 Å². The second-order valence-corrected chi connectivity index (χ2v) is 4.72. The van der Waals surface area contributed by atoms with Gasteiger partial charge in [0.15, 0.2) is 0 Å². The molecule has 0 N–H and O–H groups in total. The van der Waals surface area contributed by atoms with Crippen molar-refractivity contribution in [1.82, 2.24) is 4.90 Å². The Balaban J connectivity index is 2.06. The molecule has 6 nitrogen and oxygen atoms in total. The van der Waals surface area contributed by atoms with Crippen LogP contribution < -0.4 is 4.74 Å². The molecule has 1 aliphatic heterocycles. The Labute approximate surface area is 123 Å². The number of benzene rings is 1. The topological polar surface area (TPSA) is 65.1 Å². The fourth-order valence-electron chi connectivity index (χ4n) is 2.29. The van der Waals surface area contributed by atoms with Crippen LogP contribution in [0.3, 0.4) is 0 Å². The fraction of sp³-hybridized carbons (Fsp3) is 0.467. The molecule has 114 valence electrons. The number of rotatable bonds is 4. The van der Waals surface area contributed by atoms with Gasteiger partial charge in [-0.3, -0.25) is 9.59 Å². The largest absolute Gasteiger partial charge is 0.496 e. The maximum atomic E-state index is 12.6. The summed E-state index contributed by atoms with van der Waals surface area (Å²) in [5, 5.41) is 0. The molecule has 21 heavy (non-hydrogen) atoms. The van der Waals surface area contributed by atoms with Crippen LogP contribution >= 0.6 is 0 Å². The molecule has 0 aromatic heterocycles. The molecule has 2 rings (SSSR count). The van der Waals surface area contributed by atoms with Gasteiger partial charge in [-0.25, -0.2) is 0 Å². The highest BCUT2D eigenvalue weighted by Gasteiger charge is 2.28. The Hall–Kier alpha value is -2.08. The van der Waals surface area contributed by atoms with E-state index in [0.29, 0.717) is 31.0 Å². The van der Waals surface area contributed by atoms with Crippen LogP contribution in [-0.4, -0.2) is 56.8 Å². The third-order valence-electron chi connectivity index (χ3n) is 3.39. The van der Waals surface area contributed by atoms with Crippen LogP contribution in [0.4, 0.5) is 0 Å². The predicted molar refractivity (Wildman–Crippen MR) is 75.3 cm³/mol. The van der Waals surface area contributed by atoms with Crippen molar-refractivity contribution >= 4 is 11.9 Å². The lowest BCUT2D eigenvalue weighted by Crippen LogP contribution is -2.46. The summed E-state index contributed by atoms with van der Waals surface area (Å²) in [6.45, 7) is 1.27. The zero-order valence-electron chi connectivity index (χ0n) is 12.2. The van der Waals surface area contributed by atoms with E-state index in [1.54, 1.807) is 23.1 Å². The first kappa shape index (κ1) is 15.3. The van der Waals surface area contributed by atoms with Crippen molar-refractivity contribution in [2.45, 2.75) is 12.5 Å². The van der Waals surface area contributed by atoms with Gasteiger partial charge in [0.05, 0.1) is 38.9 Å². The smallest absolute Gasteiger partial charge is 0.308 e. The van der Waals surface area contributed by atoms with Crippen molar-refractivity contribution in [2.24, 2.45) is 0 Å². The van der Waals surface area contributed by atoms with E-state index < -0.39 is 0 Å². The first-order valence-electron chi connectivity index (χ1n) is 6.76. The molecule has 0 radical (unpaired) electrons. The van der Waals surface area contributed by atoms with Crippen molar-refractivity contribution in [3.63, 3.8) is 0 Å². The van der Waals surface area contributed by atoms with E-state index in [2.05, 4.69) is 4.74 Å². The molecule has 1 heterocycles. The van der Waals surface area contributed by atoms with Crippen LogP contribution in [0.15, 0.2) is 24.3 Å². The number of nitrogens with zero attached hydrogens (tertiary/aromatic N) is 1. The number of ether oxygens (including phenoxy) is 3. The molecule has 1 aromatic carbocycles. The molecule has 1 fully saturated rings. The zero-order valence-corrected chi connectivity index (χ0v) is 12.2. The maximum absolute atomic E-state index is 12.6. The minimum Gasteiger partial charge on any atom is -0.496 e. The van der Waals surface area contributed by atoms with Crippen LogP contribution in [-0.2, 0) is 14.3 Å². The Morgan fingerprint density at radius 1 is 1.33 bits per heavy atom. The third kappa shape index (κ3) is 3.72. The van der Waals surface area contributed by atoms with E-state index in [1.165, 1.54) is 14.2 Å². The number of esters is 1. The molecule has 0 saturated carbocycles. The lowest BCUT2D eigenvalue weighted by atomic mass is 10.1. The molecule has 1 unspecified atom stereocenters. The van der Waals surface area contributed by atoms with Crippen molar-refractivity contribution < 1.29 is 23.8 Å². The van der Waals surface area contributed by atoms with E-state index >= 15 is 0 Å². The summed E-state index contributed by atoms with van der Waals surface area (Å²) >= 11 is 0. The first-order chi connectivity index (χ1) is 10.2. The first-order valence-corrected chi connectivity index (χ1v) is 6.76. The summed E-state index contributed by atoms with van der Waals surface area (Å²) in [7, 11) is 2.87. The number of hydrogen-bond acceptors (Lipinski definition) is 5. The standard InChI is InChI=1S/C15H19NO5/c1-19-13-6-4-3-5-12(13)15(18)16-7-8-21-11(10-16)9-14(17)20-2/h3-6,11H,7-10H2,1-2H3. The highest BCUT2D eigenvalue weighted by molar-refractivity contribution is 5.97. The predicted octanol–water partition coefficient (Wildman–Crippen LogP) is 1.10. The third-order valence-corrected chi connectivity index (χ3v) is 3.39.